The lowest BCUT2D eigenvalue weighted by atomic mass is 10.0. The smallest absolute Gasteiger partial charge is 0.193 e. The summed E-state index contributed by atoms with van der Waals surface area (Å²) in [6, 6.07) is 13.1. The Bertz CT molecular complexity index is 854. The number of halogens is 2. The van der Waals surface area contributed by atoms with Crippen molar-refractivity contribution in [3.63, 3.8) is 0 Å². The van der Waals surface area contributed by atoms with E-state index in [1.807, 2.05) is 6.07 Å². The van der Waals surface area contributed by atoms with E-state index in [2.05, 4.69) is 33.4 Å². The quantitative estimate of drug-likeness (QED) is 0.366. The minimum atomic E-state index is -0.232. The Morgan fingerprint density at radius 3 is 2.72 bits per heavy atom. The molecule has 0 radical (unpaired) electrons. The van der Waals surface area contributed by atoms with Crippen molar-refractivity contribution in [1.82, 2.24) is 4.90 Å². The Morgan fingerprint density at radius 2 is 1.93 bits per heavy atom. The zero-order valence-corrected chi connectivity index (χ0v) is 18.8. The number of ether oxygens (including phenoxy) is 1. The van der Waals surface area contributed by atoms with Crippen molar-refractivity contribution in [3.05, 3.63) is 65.0 Å². The minimum Gasteiger partial charge on any atom is -0.379 e. The molecule has 1 fully saturated rings. The van der Waals surface area contributed by atoms with E-state index in [0.29, 0.717) is 25.7 Å². The maximum Gasteiger partial charge on any atom is 0.193 e. The van der Waals surface area contributed by atoms with Crippen LogP contribution < -0.4 is 11.1 Å². The maximum absolute atomic E-state index is 13.8. The molecule has 7 heteroatoms. The molecule has 2 aromatic rings. The minimum absolute atomic E-state index is 0. The van der Waals surface area contributed by atoms with Crippen molar-refractivity contribution < 1.29 is 9.13 Å². The molecule has 2 aliphatic rings. The number of hydrogen-bond donors (Lipinski definition) is 2. The topological polar surface area (TPSA) is 62.9 Å². The number of anilines is 1. The second-order valence-corrected chi connectivity index (χ2v) is 7.41. The number of nitrogens with zero attached hydrogens (tertiary/aromatic N) is 2. The summed E-state index contributed by atoms with van der Waals surface area (Å²) in [4.78, 5) is 6.86. The number of rotatable bonds is 5. The summed E-state index contributed by atoms with van der Waals surface area (Å²) in [7, 11) is 0. The van der Waals surface area contributed by atoms with E-state index in [1.165, 1.54) is 23.6 Å². The van der Waals surface area contributed by atoms with Crippen molar-refractivity contribution in [2.45, 2.75) is 25.3 Å². The number of aryl methyl sites for hydroxylation is 2. The van der Waals surface area contributed by atoms with Crippen LogP contribution in [0.4, 0.5) is 10.1 Å². The van der Waals surface area contributed by atoms with E-state index < -0.39 is 0 Å². The standard InChI is InChI=1S/C22H27FN4O.HI/c23-19-6-2-5-18(13-19)21(27-9-11-28-12-10-27)15-25-22(24)26-20-8-7-16-3-1-4-17(16)14-20;/h2,5-8,13-14,21H,1,3-4,9-12,15H2,(H3,24,25,26);1H. The fourth-order valence-corrected chi connectivity index (χ4v) is 4.06. The van der Waals surface area contributed by atoms with Gasteiger partial charge in [0.05, 0.1) is 25.8 Å². The summed E-state index contributed by atoms with van der Waals surface area (Å²) in [6.45, 7) is 3.42. The van der Waals surface area contributed by atoms with Crippen LogP contribution in [0.2, 0.25) is 0 Å². The lowest BCUT2D eigenvalue weighted by Crippen LogP contribution is -2.40. The molecule has 1 aliphatic heterocycles. The number of fused-ring (bicyclic) bond motifs is 1. The SMILES string of the molecule is I.NC(=NCC(c1cccc(F)c1)N1CCOCC1)Nc1ccc2c(c1)CCC2. The maximum atomic E-state index is 13.8. The van der Waals surface area contributed by atoms with Crippen LogP contribution in [0.3, 0.4) is 0 Å². The molecule has 29 heavy (non-hydrogen) atoms. The first-order valence-corrected chi connectivity index (χ1v) is 9.95. The fraction of sp³-hybridized carbons (Fsp3) is 0.409. The van der Waals surface area contributed by atoms with Crippen molar-refractivity contribution in [2.24, 2.45) is 10.7 Å². The highest BCUT2D eigenvalue weighted by atomic mass is 127. The van der Waals surface area contributed by atoms with Gasteiger partial charge >= 0.3 is 0 Å². The molecule has 5 nitrogen and oxygen atoms in total. The Kier molecular flexibility index (Phi) is 7.85. The molecule has 1 atom stereocenters. The number of nitrogens with one attached hydrogen (secondary N) is 1. The molecule has 0 spiro atoms. The van der Waals surface area contributed by atoms with Crippen LogP contribution >= 0.6 is 24.0 Å². The number of nitrogens with two attached hydrogens (primary N) is 1. The first kappa shape index (κ1) is 22.0. The number of hydrogen-bond acceptors (Lipinski definition) is 3. The molecule has 1 aliphatic carbocycles. The predicted octanol–water partition coefficient (Wildman–Crippen LogP) is 3.73. The number of morpholine rings is 1. The predicted molar refractivity (Wildman–Crippen MR) is 126 cm³/mol. The molecule has 1 saturated heterocycles. The van der Waals surface area contributed by atoms with Gasteiger partial charge in [-0.2, -0.15) is 0 Å². The largest absolute Gasteiger partial charge is 0.379 e. The second kappa shape index (κ2) is 10.4. The highest BCUT2D eigenvalue weighted by Gasteiger charge is 2.23. The van der Waals surface area contributed by atoms with E-state index >= 15 is 0 Å². The second-order valence-electron chi connectivity index (χ2n) is 7.41. The van der Waals surface area contributed by atoms with Gasteiger partial charge < -0.3 is 15.8 Å². The zero-order chi connectivity index (χ0) is 19.3. The third-order valence-corrected chi connectivity index (χ3v) is 5.53. The molecular weight excluding hydrogens is 482 g/mol. The van der Waals surface area contributed by atoms with Gasteiger partial charge in [0.2, 0.25) is 0 Å². The molecule has 0 amide bonds. The van der Waals surface area contributed by atoms with E-state index in [0.717, 1.165) is 37.2 Å². The van der Waals surface area contributed by atoms with Crippen LogP contribution in [0.15, 0.2) is 47.5 Å². The van der Waals surface area contributed by atoms with Gasteiger partial charge in [-0.15, -0.1) is 24.0 Å². The summed E-state index contributed by atoms with van der Waals surface area (Å²) < 4.78 is 19.2. The van der Waals surface area contributed by atoms with Crippen LogP contribution in [0.5, 0.6) is 0 Å². The lowest BCUT2D eigenvalue weighted by molar-refractivity contribution is 0.0179. The molecule has 156 valence electrons. The van der Waals surface area contributed by atoms with Gasteiger partial charge in [0.15, 0.2) is 5.96 Å². The molecule has 0 saturated carbocycles. The van der Waals surface area contributed by atoms with Crippen molar-refractivity contribution in [1.29, 1.82) is 0 Å². The van der Waals surface area contributed by atoms with Crippen LogP contribution in [0.1, 0.15) is 29.2 Å². The van der Waals surface area contributed by atoms with Crippen LogP contribution in [-0.4, -0.2) is 43.7 Å². The summed E-state index contributed by atoms with van der Waals surface area (Å²) in [5.74, 6) is 0.150. The summed E-state index contributed by atoms with van der Waals surface area (Å²) in [6.07, 6.45) is 3.51. The number of guanidine groups is 1. The Hall–Kier alpha value is -1.71. The summed E-state index contributed by atoms with van der Waals surface area (Å²) >= 11 is 0. The zero-order valence-electron chi connectivity index (χ0n) is 16.4. The molecule has 2 aromatic carbocycles. The van der Waals surface area contributed by atoms with Crippen LogP contribution in [0, 0.1) is 5.82 Å². The molecule has 1 unspecified atom stereocenters. The first-order chi connectivity index (χ1) is 13.7. The van der Waals surface area contributed by atoms with E-state index in [4.69, 9.17) is 10.5 Å². The van der Waals surface area contributed by atoms with Gasteiger partial charge in [-0.3, -0.25) is 9.89 Å². The van der Waals surface area contributed by atoms with Gasteiger partial charge in [-0.1, -0.05) is 18.2 Å². The van der Waals surface area contributed by atoms with Crippen LogP contribution in [0.25, 0.3) is 0 Å². The third-order valence-electron chi connectivity index (χ3n) is 5.53. The van der Waals surface area contributed by atoms with Crippen molar-refractivity contribution in [3.8, 4) is 0 Å². The summed E-state index contributed by atoms with van der Waals surface area (Å²) in [5.41, 5.74) is 10.9. The van der Waals surface area contributed by atoms with E-state index in [-0.39, 0.29) is 35.8 Å². The van der Waals surface area contributed by atoms with Crippen LogP contribution in [-0.2, 0) is 17.6 Å². The third kappa shape index (κ3) is 5.67. The van der Waals surface area contributed by atoms with Gasteiger partial charge in [0.25, 0.3) is 0 Å². The average Bonchev–Trinajstić information content (AvgIpc) is 3.17. The van der Waals surface area contributed by atoms with Crippen molar-refractivity contribution in [2.75, 3.05) is 38.2 Å². The Morgan fingerprint density at radius 1 is 1.14 bits per heavy atom. The molecule has 0 aromatic heterocycles. The monoisotopic (exact) mass is 510 g/mol. The normalized spacial score (nSPS) is 18.0. The molecule has 3 N–H and O–H groups in total. The highest BCUT2D eigenvalue weighted by Crippen LogP contribution is 2.25. The highest BCUT2D eigenvalue weighted by molar-refractivity contribution is 14.0. The van der Waals surface area contributed by atoms with E-state index in [9.17, 15) is 4.39 Å². The Labute approximate surface area is 188 Å². The fourth-order valence-electron chi connectivity index (χ4n) is 4.06. The molecular formula is C22H28FIN4O. The number of aliphatic imine (C=N–C) groups is 1. The first-order valence-electron chi connectivity index (χ1n) is 9.95. The van der Waals surface area contributed by atoms with E-state index in [1.54, 1.807) is 12.1 Å². The molecule has 1 heterocycles. The Balaban J connectivity index is 0.00000240. The summed E-state index contributed by atoms with van der Waals surface area (Å²) in [5, 5.41) is 3.20. The van der Waals surface area contributed by atoms with Gasteiger partial charge in [-0.25, -0.2) is 4.39 Å². The number of benzene rings is 2. The average molecular weight is 510 g/mol. The molecule has 0 bridgehead atoms. The lowest BCUT2D eigenvalue weighted by Gasteiger charge is -2.34. The van der Waals surface area contributed by atoms with Gasteiger partial charge in [0.1, 0.15) is 5.82 Å². The van der Waals surface area contributed by atoms with Gasteiger partial charge in [-0.05, 0) is 60.2 Å². The molecule has 4 rings (SSSR count). The van der Waals surface area contributed by atoms with Crippen molar-refractivity contribution >= 4 is 35.6 Å². The van der Waals surface area contributed by atoms with Gasteiger partial charge in [0, 0.05) is 18.8 Å².